The predicted octanol–water partition coefficient (Wildman–Crippen LogP) is 4.02. The number of carbonyl (C=O) groups is 1. The molecule has 0 amide bonds. The Morgan fingerprint density at radius 2 is 1.83 bits per heavy atom. The monoisotopic (exact) mass is 308 g/mol. The van der Waals surface area contributed by atoms with E-state index >= 15 is 0 Å². The molecule has 1 unspecified atom stereocenters. The highest BCUT2D eigenvalue weighted by Crippen LogP contribution is 2.44. The van der Waals surface area contributed by atoms with Gasteiger partial charge in [-0.2, -0.15) is 0 Å². The van der Waals surface area contributed by atoms with Crippen LogP contribution < -0.4 is 0 Å². The summed E-state index contributed by atoms with van der Waals surface area (Å²) in [6, 6.07) is 6.96. The second kappa shape index (κ2) is 4.57. The van der Waals surface area contributed by atoms with Crippen LogP contribution in [0.15, 0.2) is 24.3 Å². The molecule has 3 nitrogen and oxygen atoms in total. The molecule has 0 radical (unpaired) electrons. The topological polar surface area (TPSA) is 35.5 Å². The highest BCUT2D eigenvalue weighted by atomic mass is 35.6. The molecule has 0 aliphatic carbocycles. The minimum Gasteiger partial charge on any atom is -0.428 e. The van der Waals surface area contributed by atoms with Crippen molar-refractivity contribution in [1.82, 2.24) is 0 Å². The molecule has 1 aliphatic heterocycles. The fourth-order valence-electron chi connectivity index (χ4n) is 1.53. The van der Waals surface area contributed by atoms with Crippen molar-refractivity contribution in [1.29, 1.82) is 0 Å². The number of halogens is 3. The molecule has 0 N–H and O–H groups in total. The van der Waals surface area contributed by atoms with Gasteiger partial charge in [-0.15, -0.1) is 0 Å². The summed E-state index contributed by atoms with van der Waals surface area (Å²) in [5.74, 6) is -0.435. The van der Waals surface area contributed by atoms with Crippen LogP contribution in [0.25, 0.3) is 0 Å². The third-order valence-electron chi connectivity index (χ3n) is 2.73. The summed E-state index contributed by atoms with van der Waals surface area (Å²) >= 11 is 17.5. The lowest BCUT2D eigenvalue weighted by atomic mass is 10.1. The van der Waals surface area contributed by atoms with Crippen LogP contribution in [0.2, 0.25) is 0 Å². The second-order valence-electron chi connectivity index (χ2n) is 4.45. The van der Waals surface area contributed by atoms with Crippen molar-refractivity contribution in [2.24, 2.45) is 0 Å². The van der Waals surface area contributed by atoms with Crippen molar-refractivity contribution < 1.29 is 14.3 Å². The van der Waals surface area contributed by atoms with Gasteiger partial charge in [0.25, 0.3) is 0 Å². The van der Waals surface area contributed by atoms with Crippen LogP contribution in [0.3, 0.4) is 0 Å². The lowest BCUT2D eigenvalue weighted by Gasteiger charge is -2.34. The van der Waals surface area contributed by atoms with E-state index in [1.165, 1.54) is 0 Å². The summed E-state index contributed by atoms with van der Waals surface area (Å²) in [7, 11) is 0. The van der Waals surface area contributed by atoms with Crippen molar-refractivity contribution in [3.63, 3.8) is 0 Å². The van der Waals surface area contributed by atoms with E-state index in [9.17, 15) is 4.79 Å². The predicted molar refractivity (Wildman–Crippen MR) is 70.1 cm³/mol. The van der Waals surface area contributed by atoms with Gasteiger partial charge in [-0.3, -0.25) is 0 Å². The van der Waals surface area contributed by atoms with Crippen LogP contribution in [0.5, 0.6) is 0 Å². The van der Waals surface area contributed by atoms with E-state index in [2.05, 4.69) is 0 Å². The van der Waals surface area contributed by atoms with E-state index in [1.807, 2.05) is 0 Å². The molecule has 1 aromatic carbocycles. The van der Waals surface area contributed by atoms with Crippen molar-refractivity contribution in [2.45, 2.75) is 29.5 Å². The quantitative estimate of drug-likeness (QED) is 0.611. The Bertz CT molecular complexity index is 480. The minimum atomic E-state index is -1.63. The molecule has 98 valence electrons. The number of cyclic esters (lactones) is 1. The lowest BCUT2D eigenvalue weighted by Crippen LogP contribution is -2.40. The number of rotatable bonds is 2. The van der Waals surface area contributed by atoms with Gasteiger partial charge in [0.15, 0.2) is 0 Å². The maximum atomic E-state index is 11.6. The Morgan fingerprint density at radius 3 is 2.44 bits per heavy atom. The highest BCUT2D eigenvalue weighted by molar-refractivity contribution is 6.68. The molecule has 1 aromatic rings. The van der Waals surface area contributed by atoms with E-state index in [1.54, 1.807) is 38.1 Å². The molecule has 6 heteroatoms. The molecule has 0 saturated carbocycles. The van der Waals surface area contributed by atoms with Crippen LogP contribution in [0.4, 0.5) is 0 Å². The summed E-state index contributed by atoms with van der Waals surface area (Å²) in [5.41, 5.74) is 0.0208. The zero-order valence-corrected chi connectivity index (χ0v) is 12.0. The molecule has 0 saturated heterocycles. The first-order valence-electron chi connectivity index (χ1n) is 5.27. The fraction of sp³-hybridized carbons (Fsp3) is 0.417. The Balaban J connectivity index is 2.26. The zero-order chi connectivity index (χ0) is 13.6. The first-order chi connectivity index (χ1) is 8.22. The standard InChI is InChI=1S/C12H11Cl3O3/c1-11(2,12(13,14)15)18-10-8-6-4-3-5-7(8)9(16)17-10/h3-6,10H,1-2H3. The number of ether oxygens (including phenoxy) is 2. The smallest absolute Gasteiger partial charge is 0.341 e. The van der Waals surface area contributed by atoms with E-state index < -0.39 is 21.7 Å². The maximum Gasteiger partial charge on any atom is 0.341 e. The number of hydrogen-bond acceptors (Lipinski definition) is 3. The summed E-state index contributed by atoms with van der Waals surface area (Å²) in [6.07, 6.45) is -0.848. The normalized spacial score (nSPS) is 19.6. The summed E-state index contributed by atoms with van der Waals surface area (Å²) in [6.45, 7) is 3.24. The van der Waals surface area contributed by atoms with Gasteiger partial charge in [-0.25, -0.2) is 4.79 Å². The van der Waals surface area contributed by atoms with Crippen LogP contribution >= 0.6 is 34.8 Å². The third kappa shape index (κ3) is 2.45. The van der Waals surface area contributed by atoms with Crippen molar-refractivity contribution in [3.8, 4) is 0 Å². The van der Waals surface area contributed by atoms with E-state index in [0.717, 1.165) is 0 Å². The molecule has 0 fully saturated rings. The lowest BCUT2D eigenvalue weighted by molar-refractivity contribution is -0.170. The van der Waals surface area contributed by atoms with E-state index in [-0.39, 0.29) is 0 Å². The molecule has 2 rings (SSSR count). The minimum absolute atomic E-state index is 0.435. The molecule has 0 aromatic heterocycles. The van der Waals surface area contributed by atoms with Gasteiger partial charge >= 0.3 is 5.97 Å². The van der Waals surface area contributed by atoms with Crippen LogP contribution in [0.1, 0.15) is 36.1 Å². The van der Waals surface area contributed by atoms with E-state index in [0.29, 0.717) is 11.1 Å². The van der Waals surface area contributed by atoms with Gasteiger partial charge in [0, 0.05) is 5.56 Å². The SMILES string of the molecule is CC(C)(OC1OC(=O)c2ccccc21)C(Cl)(Cl)Cl. The van der Waals surface area contributed by atoms with Crippen LogP contribution in [-0.4, -0.2) is 15.4 Å². The van der Waals surface area contributed by atoms with Gasteiger partial charge < -0.3 is 9.47 Å². The average Bonchev–Trinajstić information content (AvgIpc) is 2.55. The molecule has 18 heavy (non-hydrogen) atoms. The number of fused-ring (bicyclic) bond motifs is 1. The van der Waals surface area contributed by atoms with Crippen molar-refractivity contribution in [2.75, 3.05) is 0 Å². The maximum absolute atomic E-state index is 11.6. The third-order valence-corrected chi connectivity index (χ3v) is 4.10. The van der Waals surface area contributed by atoms with Crippen LogP contribution in [0, 0.1) is 0 Å². The summed E-state index contributed by atoms with van der Waals surface area (Å²) in [4.78, 5) is 11.6. The van der Waals surface area contributed by atoms with E-state index in [4.69, 9.17) is 44.3 Å². The van der Waals surface area contributed by atoms with Gasteiger partial charge in [0.1, 0.15) is 5.60 Å². The van der Waals surface area contributed by atoms with Crippen molar-refractivity contribution in [3.05, 3.63) is 35.4 Å². The summed E-state index contributed by atoms with van der Waals surface area (Å²) < 4.78 is 9.12. The Kier molecular flexibility index (Phi) is 3.54. The van der Waals surface area contributed by atoms with Crippen LogP contribution in [-0.2, 0) is 9.47 Å². The first-order valence-corrected chi connectivity index (χ1v) is 6.40. The molecule has 1 atom stereocenters. The average molecular weight is 310 g/mol. The number of carbonyl (C=O) groups excluding carboxylic acids is 1. The zero-order valence-electron chi connectivity index (χ0n) is 9.75. The fourth-order valence-corrected chi connectivity index (χ4v) is 1.67. The largest absolute Gasteiger partial charge is 0.428 e. The highest BCUT2D eigenvalue weighted by Gasteiger charge is 2.46. The van der Waals surface area contributed by atoms with Gasteiger partial charge in [0.2, 0.25) is 10.1 Å². The second-order valence-corrected chi connectivity index (χ2v) is 6.73. The van der Waals surface area contributed by atoms with Gasteiger partial charge in [-0.05, 0) is 19.9 Å². The summed E-state index contributed by atoms with van der Waals surface area (Å²) in [5, 5.41) is 0. The number of alkyl halides is 3. The Hall–Kier alpha value is -0.480. The molecule has 1 heterocycles. The molecule has 1 aliphatic rings. The van der Waals surface area contributed by atoms with Gasteiger partial charge in [-0.1, -0.05) is 53.0 Å². The molecule has 0 spiro atoms. The number of esters is 1. The Morgan fingerprint density at radius 1 is 1.22 bits per heavy atom. The molecule has 0 bridgehead atoms. The van der Waals surface area contributed by atoms with Crippen molar-refractivity contribution >= 4 is 40.8 Å². The number of benzene rings is 1. The molecular weight excluding hydrogens is 298 g/mol. The molecular formula is C12H11Cl3O3. The number of hydrogen-bond donors (Lipinski definition) is 0. The Labute approximate surface area is 120 Å². The first kappa shape index (κ1) is 13.9. The van der Waals surface area contributed by atoms with Gasteiger partial charge in [0.05, 0.1) is 5.56 Å².